The van der Waals surface area contributed by atoms with Crippen molar-refractivity contribution in [2.75, 3.05) is 6.54 Å². The fourth-order valence-corrected chi connectivity index (χ4v) is 5.56. The van der Waals surface area contributed by atoms with Crippen molar-refractivity contribution in [3.05, 3.63) is 75.7 Å². The van der Waals surface area contributed by atoms with Crippen molar-refractivity contribution in [3.8, 4) is 11.1 Å². The van der Waals surface area contributed by atoms with E-state index in [4.69, 9.17) is 5.73 Å². The lowest BCUT2D eigenvalue weighted by atomic mass is 10.0. The molecule has 0 radical (unpaired) electrons. The summed E-state index contributed by atoms with van der Waals surface area (Å²) < 4.78 is 27.1. The van der Waals surface area contributed by atoms with Crippen LogP contribution in [0, 0.1) is 0 Å². The molecule has 0 aliphatic heterocycles. The molecule has 1 heterocycles. The van der Waals surface area contributed by atoms with E-state index in [2.05, 4.69) is 14.7 Å². The molecular weight excluding hydrogens is 444 g/mol. The lowest BCUT2D eigenvalue weighted by Crippen LogP contribution is -2.35. The van der Waals surface area contributed by atoms with Crippen LogP contribution >= 0.6 is 11.8 Å². The first-order valence-electron chi connectivity index (χ1n) is 10.5. The number of rotatable bonds is 8. The molecule has 1 unspecified atom stereocenters. The first-order chi connectivity index (χ1) is 15.3. The Kier molecular flexibility index (Phi) is 6.80. The molecular formula is C23H26N4O3S2. The molecule has 0 saturated carbocycles. The van der Waals surface area contributed by atoms with Crippen molar-refractivity contribution in [2.45, 2.75) is 48.0 Å². The van der Waals surface area contributed by atoms with E-state index >= 15 is 0 Å². The molecule has 168 valence electrons. The average Bonchev–Trinajstić information content (AvgIpc) is 3.26. The Hall–Kier alpha value is -2.46. The summed E-state index contributed by atoms with van der Waals surface area (Å²) in [5, 5.41) is 0.661. The van der Waals surface area contributed by atoms with Crippen LogP contribution in [0.25, 0.3) is 11.1 Å². The van der Waals surface area contributed by atoms with E-state index in [0.29, 0.717) is 10.9 Å². The third-order valence-electron chi connectivity index (χ3n) is 5.34. The van der Waals surface area contributed by atoms with Gasteiger partial charge in [-0.3, -0.25) is 4.79 Å². The predicted molar refractivity (Wildman–Crippen MR) is 127 cm³/mol. The van der Waals surface area contributed by atoms with Gasteiger partial charge in [0.15, 0.2) is 5.16 Å². The molecule has 3 aromatic rings. The van der Waals surface area contributed by atoms with Crippen molar-refractivity contribution in [3.63, 3.8) is 0 Å². The maximum Gasteiger partial charge on any atom is 0.254 e. The van der Waals surface area contributed by atoms with Crippen LogP contribution < -0.4 is 16.0 Å². The number of sulfonamides is 1. The second-order valence-electron chi connectivity index (χ2n) is 7.99. The van der Waals surface area contributed by atoms with Gasteiger partial charge in [-0.25, -0.2) is 18.1 Å². The highest BCUT2D eigenvalue weighted by Gasteiger charge is 2.17. The number of aryl methyl sites for hydroxylation is 1. The summed E-state index contributed by atoms with van der Waals surface area (Å²) in [4.78, 5) is 19.8. The molecule has 1 aliphatic carbocycles. The van der Waals surface area contributed by atoms with Gasteiger partial charge in [0, 0.05) is 23.9 Å². The minimum atomic E-state index is -3.57. The molecule has 0 amide bonds. The van der Waals surface area contributed by atoms with Crippen LogP contribution in [-0.4, -0.2) is 31.0 Å². The van der Waals surface area contributed by atoms with Gasteiger partial charge in [0.25, 0.3) is 5.56 Å². The van der Waals surface area contributed by atoms with Gasteiger partial charge in [-0.1, -0.05) is 48.2 Å². The van der Waals surface area contributed by atoms with E-state index in [-0.39, 0.29) is 23.0 Å². The van der Waals surface area contributed by atoms with Crippen LogP contribution in [0.5, 0.6) is 0 Å². The quantitative estimate of drug-likeness (QED) is 0.344. The van der Waals surface area contributed by atoms with Gasteiger partial charge in [-0.15, -0.1) is 0 Å². The molecule has 0 spiro atoms. The van der Waals surface area contributed by atoms with Gasteiger partial charge in [0.1, 0.15) is 0 Å². The lowest BCUT2D eigenvalue weighted by molar-refractivity contribution is 0.574. The number of benzene rings is 2. The second-order valence-corrected chi connectivity index (χ2v) is 10.7. The Morgan fingerprint density at radius 3 is 2.41 bits per heavy atom. The SMILES string of the molecule is CC(N)CNS(=O)(=O)c1ccc(-c2ccc(CSc3nc4c(c(=O)[nH]3)CCC4)cc2)cc1. The minimum Gasteiger partial charge on any atom is -0.327 e. The Labute approximate surface area is 191 Å². The molecule has 1 aliphatic rings. The number of aromatic nitrogens is 2. The topological polar surface area (TPSA) is 118 Å². The molecule has 32 heavy (non-hydrogen) atoms. The van der Waals surface area contributed by atoms with E-state index in [9.17, 15) is 13.2 Å². The molecule has 4 N–H and O–H groups in total. The molecule has 7 nitrogen and oxygen atoms in total. The maximum atomic E-state index is 12.3. The summed E-state index contributed by atoms with van der Waals surface area (Å²) in [6.45, 7) is 1.94. The molecule has 1 atom stereocenters. The standard InChI is InChI=1S/C23H26N4O3S2/c1-15(24)13-25-32(29,30)19-11-9-18(10-12-19)17-7-5-16(6-8-17)14-31-23-26-21-4-2-3-20(21)22(28)27-23/h5-12,15,25H,2-4,13-14,24H2,1H3,(H,26,27,28). The van der Waals surface area contributed by atoms with Gasteiger partial charge in [-0.2, -0.15) is 0 Å². The van der Waals surface area contributed by atoms with Crippen LogP contribution in [0.1, 0.15) is 30.2 Å². The third-order valence-corrected chi connectivity index (χ3v) is 7.73. The second kappa shape index (κ2) is 9.58. The van der Waals surface area contributed by atoms with Crippen molar-refractivity contribution in [1.29, 1.82) is 0 Å². The lowest BCUT2D eigenvalue weighted by Gasteiger charge is -2.10. The Balaban J connectivity index is 1.40. The number of aromatic amines is 1. The van der Waals surface area contributed by atoms with Crippen molar-refractivity contribution >= 4 is 21.8 Å². The summed E-state index contributed by atoms with van der Waals surface area (Å²) in [5.41, 5.74) is 10.4. The summed E-state index contributed by atoms with van der Waals surface area (Å²) in [7, 11) is -3.57. The summed E-state index contributed by atoms with van der Waals surface area (Å²) in [6, 6.07) is 14.6. The van der Waals surface area contributed by atoms with Crippen molar-refractivity contribution in [1.82, 2.24) is 14.7 Å². The first-order valence-corrected chi connectivity index (χ1v) is 13.0. The zero-order valence-corrected chi connectivity index (χ0v) is 19.4. The van der Waals surface area contributed by atoms with E-state index < -0.39 is 10.0 Å². The molecule has 1 aromatic heterocycles. The van der Waals surface area contributed by atoms with E-state index in [1.165, 1.54) is 11.8 Å². The first kappa shape index (κ1) is 22.7. The molecule has 0 fully saturated rings. The summed E-state index contributed by atoms with van der Waals surface area (Å²) in [6.07, 6.45) is 2.70. The Bertz CT molecular complexity index is 1250. The fraction of sp³-hybridized carbons (Fsp3) is 0.304. The number of thioether (sulfide) groups is 1. The van der Waals surface area contributed by atoms with Gasteiger partial charge in [0.05, 0.1) is 10.6 Å². The molecule has 4 rings (SSSR count). The highest BCUT2D eigenvalue weighted by molar-refractivity contribution is 7.98. The van der Waals surface area contributed by atoms with Crippen LogP contribution in [0.15, 0.2) is 63.4 Å². The van der Waals surface area contributed by atoms with E-state index in [1.54, 1.807) is 31.2 Å². The highest BCUT2D eigenvalue weighted by atomic mass is 32.2. The minimum absolute atomic E-state index is 0.0106. The van der Waals surface area contributed by atoms with E-state index in [1.807, 2.05) is 24.3 Å². The van der Waals surface area contributed by atoms with E-state index in [0.717, 1.165) is 47.2 Å². The number of fused-ring (bicyclic) bond motifs is 1. The molecule has 0 saturated heterocycles. The van der Waals surface area contributed by atoms with Crippen LogP contribution in [0.4, 0.5) is 0 Å². The van der Waals surface area contributed by atoms with Crippen LogP contribution in [0.3, 0.4) is 0 Å². The zero-order valence-electron chi connectivity index (χ0n) is 17.8. The number of hydrogen-bond acceptors (Lipinski definition) is 6. The number of nitrogens with two attached hydrogens (primary N) is 1. The largest absolute Gasteiger partial charge is 0.327 e. The van der Waals surface area contributed by atoms with Gasteiger partial charge < -0.3 is 10.7 Å². The Morgan fingerprint density at radius 1 is 1.09 bits per heavy atom. The number of hydrogen-bond donors (Lipinski definition) is 3. The van der Waals surface area contributed by atoms with Gasteiger partial charge >= 0.3 is 0 Å². The predicted octanol–water partition coefficient (Wildman–Crippen LogP) is 2.84. The van der Waals surface area contributed by atoms with Crippen molar-refractivity contribution < 1.29 is 8.42 Å². The molecule has 2 aromatic carbocycles. The van der Waals surface area contributed by atoms with Crippen molar-refractivity contribution in [2.24, 2.45) is 5.73 Å². The zero-order chi connectivity index (χ0) is 22.7. The molecule has 0 bridgehead atoms. The Morgan fingerprint density at radius 2 is 1.75 bits per heavy atom. The number of nitrogens with one attached hydrogen (secondary N) is 2. The fourth-order valence-electron chi connectivity index (χ4n) is 3.58. The summed E-state index contributed by atoms with van der Waals surface area (Å²) >= 11 is 1.52. The van der Waals surface area contributed by atoms with Gasteiger partial charge in [0.2, 0.25) is 10.0 Å². The monoisotopic (exact) mass is 470 g/mol. The van der Waals surface area contributed by atoms with Crippen LogP contribution in [0.2, 0.25) is 0 Å². The molecule has 9 heteroatoms. The average molecular weight is 471 g/mol. The third kappa shape index (κ3) is 5.29. The number of H-pyrrole nitrogens is 1. The summed E-state index contributed by atoms with van der Waals surface area (Å²) in [5.74, 6) is 0.699. The highest BCUT2D eigenvalue weighted by Crippen LogP contribution is 2.25. The number of nitrogens with zero attached hydrogens (tertiary/aromatic N) is 1. The normalized spacial score (nSPS) is 14.3. The smallest absolute Gasteiger partial charge is 0.254 e. The van der Waals surface area contributed by atoms with Gasteiger partial charge in [-0.05, 0) is 55.0 Å². The van der Waals surface area contributed by atoms with Crippen LogP contribution in [-0.2, 0) is 28.6 Å². The maximum absolute atomic E-state index is 12.3.